The summed E-state index contributed by atoms with van der Waals surface area (Å²) < 4.78 is 45.8. The van der Waals surface area contributed by atoms with E-state index in [1.54, 1.807) is 40.9 Å². The third-order valence-corrected chi connectivity index (χ3v) is 18.1. The number of rotatable bonds is 9. The maximum absolute atomic E-state index is 16.7. The van der Waals surface area contributed by atoms with E-state index in [2.05, 4.69) is 53.4 Å². The Bertz CT molecular complexity index is 3410. The number of aromatic nitrogens is 5. The second-order valence-electron chi connectivity index (χ2n) is 22.6. The number of aryl methyl sites for hydroxylation is 1. The molecule has 408 valence electrons. The zero-order chi connectivity index (χ0) is 53.8. The Hall–Kier alpha value is -7.01. The van der Waals surface area contributed by atoms with Crippen molar-refractivity contribution in [2.24, 2.45) is 13.0 Å². The van der Waals surface area contributed by atoms with Gasteiger partial charge >= 0.3 is 17.8 Å². The van der Waals surface area contributed by atoms with Crippen LogP contribution in [-0.2, 0) is 21.4 Å². The maximum atomic E-state index is 16.7. The number of imidazole rings is 1. The molecule has 2 N–H and O–H groups in total. The number of piperidine rings is 3. The number of terminal acetylenes is 1. The number of anilines is 1. The SMILES string of the molecule is C#Cc1c(F)ccc2cccc(-c3ncc4c(N5CC6CCC(C5)N6)nc(OCC56CCCN5CCC6)nc4c3F)c12.COC(=O)N1CCC(CN2CCC(c3ccc4c(c3)n(C)c(=O)n4C3CCC(=O)NC3=O)CC2)CC1. The van der Waals surface area contributed by atoms with Crippen LogP contribution in [0.25, 0.3) is 44.0 Å². The summed E-state index contributed by atoms with van der Waals surface area (Å²) in [5.41, 5.74) is 3.29. The maximum Gasteiger partial charge on any atom is 0.409 e. The van der Waals surface area contributed by atoms with E-state index in [9.17, 15) is 23.6 Å². The molecule has 3 unspecified atom stereocenters. The topological polar surface area (TPSA) is 172 Å². The smallest absolute Gasteiger partial charge is 0.409 e. The monoisotopic (exact) mass is 1060 g/mol. The Balaban J connectivity index is 0.000000158. The van der Waals surface area contributed by atoms with E-state index in [1.165, 1.54) is 23.3 Å². The molecule has 17 nitrogen and oxygen atoms in total. The summed E-state index contributed by atoms with van der Waals surface area (Å²) in [6, 6.07) is 14.7. The van der Waals surface area contributed by atoms with E-state index < -0.39 is 23.6 Å². The van der Waals surface area contributed by atoms with Gasteiger partial charge in [0.05, 0.1) is 34.6 Å². The van der Waals surface area contributed by atoms with Crippen LogP contribution in [0.5, 0.6) is 6.01 Å². The van der Waals surface area contributed by atoms with Gasteiger partial charge in [-0.15, -0.1) is 6.42 Å². The predicted octanol–water partition coefficient (Wildman–Crippen LogP) is 7.03. The number of ether oxygens (including phenoxy) is 2. The number of carbonyl (C=O) groups is 3. The van der Waals surface area contributed by atoms with Gasteiger partial charge in [-0.2, -0.15) is 9.97 Å². The lowest BCUT2D eigenvalue weighted by Gasteiger charge is -2.37. The van der Waals surface area contributed by atoms with Gasteiger partial charge in [-0.05, 0) is 138 Å². The van der Waals surface area contributed by atoms with Crippen LogP contribution in [0.1, 0.15) is 100 Å². The molecule has 2 bridgehead atoms. The first-order valence-corrected chi connectivity index (χ1v) is 27.9. The van der Waals surface area contributed by atoms with Crippen molar-refractivity contribution in [2.45, 2.75) is 107 Å². The van der Waals surface area contributed by atoms with E-state index in [0.29, 0.717) is 64.5 Å². The highest BCUT2D eigenvalue weighted by Crippen LogP contribution is 2.41. The highest BCUT2D eigenvalue weighted by atomic mass is 19.1. The zero-order valence-electron chi connectivity index (χ0n) is 44.4. The van der Waals surface area contributed by atoms with Gasteiger partial charge in [0.2, 0.25) is 11.8 Å². The summed E-state index contributed by atoms with van der Waals surface area (Å²) in [5.74, 6) is 2.32. The first-order chi connectivity index (χ1) is 37.9. The number of amides is 3. The average Bonchev–Trinajstić information content (AvgIpc) is 4.37. The number of nitrogens with one attached hydrogen (secondary N) is 2. The van der Waals surface area contributed by atoms with E-state index in [0.717, 1.165) is 134 Å². The Morgan fingerprint density at radius 3 is 2.36 bits per heavy atom. The Morgan fingerprint density at radius 2 is 1.64 bits per heavy atom. The molecular weight excluding hydrogens is 997 g/mol. The van der Waals surface area contributed by atoms with Crippen molar-refractivity contribution in [3.63, 3.8) is 0 Å². The lowest BCUT2D eigenvalue weighted by atomic mass is 9.88. The van der Waals surface area contributed by atoms with Crippen molar-refractivity contribution in [3.8, 4) is 29.6 Å². The van der Waals surface area contributed by atoms with Gasteiger partial charge in [0.1, 0.15) is 35.5 Å². The summed E-state index contributed by atoms with van der Waals surface area (Å²) in [4.78, 5) is 71.9. The number of hydrogen-bond acceptors (Lipinski definition) is 13. The van der Waals surface area contributed by atoms with Crippen molar-refractivity contribution in [2.75, 3.05) is 77.5 Å². The number of imide groups is 1. The number of methoxy groups -OCH3 is 1. The van der Waals surface area contributed by atoms with Gasteiger partial charge < -0.3 is 29.5 Å². The van der Waals surface area contributed by atoms with Gasteiger partial charge in [-0.1, -0.05) is 36.3 Å². The molecule has 6 aromatic rings. The van der Waals surface area contributed by atoms with Crippen LogP contribution < -0.4 is 26.0 Å². The molecule has 7 saturated heterocycles. The number of nitrogens with zero attached hydrogens (tertiary/aromatic N) is 9. The summed E-state index contributed by atoms with van der Waals surface area (Å²) >= 11 is 0. The molecule has 7 aliphatic rings. The summed E-state index contributed by atoms with van der Waals surface area (Å²) in [6.07, 6.45) is 18.6. The first kappa shape index (κ1) is 51.7. The Kier molecular flexibility index (Phi) is 14.1. The van der Waals surface area contributed by atoms with Crippen LogP contribution in [0.2, 0.25) is 0 Å². The number of halogens is 2. The first-order valence-electron chi connectivity index (χ1n) is 27.9. The van der Waals surface area contributed by atoms with E-state index in [4.69, 9.17) is 20.9 Å². The molecule has 78 heavy (non-hydrogen) atoms. The molecule has 13 rings (SSSR count). The van der Waals surface area contributed by atoms with Crippen molar-refractivity contribution in [3.05, 3.63) is 88.0 Å². The molecule has 3 aromatic heterocycles. The lowest BCUT2D eigenvalue weighted by molar-refractivity contribution is -0.135. The highest BCUT2D eigenvalue weighted by Gasteiger charge is 2.45. The van der Waals surface area contributed by atoms with E-state index >= 15 is 4.39 Å². The molecule has 0 saturated carbocycles. The third kappa shape index (κ3) is 9.63. The van der Waals surface area contributed by atoms with Gasteiger partial charge in [0, 0.05) is 75.4 Å². The number of fused-ring (bicyclic) bond motifs is 6. The highest BCUT2D eigenvalue weighted by molar-refractivity contribution is 6.02. The molecule has 3 amide bonds. The van der Waals surface area contributed by atoms with Crippen LogP contribution in [-0.4, -0.2) is 147 Å². The zero-order valence-corrected chi connectivity index (χ0v) is 44.4. The normalized spacial score (nSPS) is 22.9. The van der Waals surface area contributed by atoms with Crippen molar-refractivity contribution in [1.29, 1.82) is 0 Å². The quantitative estimate of drug-likeness (QED) is 0.112. The molecule has 19 heteroatoms. The van der Waals surface area contributed by atoms with E-state index in [-0.39, 0.29) is 52.4 Å². The van der Waals surface area contributed by atoms with Gasteiger partial charge in [0.25, 0.3) is 0 Å². The lowest BCUT2D eigenvalue weighted by Crippen LogP contribution is -2.51. The predicted molar refractivity (Wildman–Crippen MR) is 292 cm³/mol. The molecule has 7 fully saturated rings. The number of benzene rings is 3. The second kappa shape index (κ2) is 21.3. The summed E-state index contributed by atoms with van der Waals surface area (Å²) in [6.45, 7) is 8.90. The van der Waals surface area contributed by atoms with E-state index in [1.807, 2.05) is 12.1 Å². The number of piperazine rings is 1. The van der Waals surface area contributed by atoms with Crippen LogP contribution in [0.3, 0.4) is 0 Å². The van der Waals surface area contributed by atoms with Crippen molar-refractivity contribution in [1.82, 2.24) is 49.4 Å². The summed E-state index contributed by atoms with van der Waals surface area (Å²) in [5, 5.41) is 7.72. The standard InChI is InChI=1S/C33H32F2N6O.C26H35N5O5/c1-2-23-26(34)11-8-20-6-3-7-24(27(20)23)29-28(35)30-25(16-36-29)31(40-17-21-9-10-22(18-40)37-21)39-32(38-30)42-19-33-12-4-14-41(33)15-5-13-33;1-28-22-15-19(3-4-20(22)31(25(28)34)21-5-6-23(32)27-24(21)33)18-9-11-29(12-10-18)16-17-7-13-30(14-8-17)26(35)36-2/h1,3,6-8,11,16,21-22,37H,4-5,9-10,12-15,17-19H2;3-4,15,17-18,21H,5-14,16H2,1-2H3,(H,27,32,33). The van der Waals surface area contributed by atoms with Crippen LogP contribution in [0, 0.1) is 29.9 Å². The number of carbonyl (C=O) groups excluding carboxylic acids is 3. The largest absolute Gasteiger partial charge is 0.461 e. The Labute approximate surface area is 451 Å². The molecule has 0 radical (unpaired) electrons. The van der Waals surface area contributed by atoms with Crippen LogP contribution in [0.15, 0.2) is 59.5 Å². The molecule has 3 atom stereocenters. The van der Waals surface area contributed by atoms with Crippen LogP contribution >= 0.6 is 0 Å². The van der Waals surface area contributed by atoms with Gasteiger partial charge in [-0.25, -0.2) is 18.4 Å². The fraction of sp³-hybridized carbons (Fsp3) is 0.508. The molecule has 0 spiro atoms. The Morgan fingerprint density at radius 1 is 0.885 bits per heavy atom. The fourth-order valence-corrected chi connectivity index (χ4v) is 13.9. The molecular formula is C59H67F2N11O6. The summed E-state index contributed by atoms with van der Waals surface area (Å²) in [7, 11) is 3.18. The number of pyridine rings is 1. The van der Waals surface area contributed by atoms with Crippen molar-refractivity contribution >= 4 is 56.4 Å². The molecule has 0 aliphatic carbocycles. The second-order valence-corrected chi connectivity index (χ2v) is 22.6. The molecule has 7 aliphatic heterocycles. The number of hydrogen-bond donors (Lipinski definition) is 2. The van der Waals surface area contributed by atoms with Crippen LogP contribution in [0.4, 0.5) is 19.4 Å². The number of likely N-dealkylation sites (tertiary alicyclic amines) is 2. The minimum Gasteiger partial charge on any atom is -0.461 e. The minimum absolute atomic E-state index is 0.00718. The molecule has 3 aromatic carbocycles. The average molecular weight is 1060 g/mol. The minimum atomic E-state index is -0.660. The fourth-order valence-electron chi connectivity index (χ4n) is 13.9. The van der Waals surface area contributed by atoms with Crippen molar-refractivity contribution < 1.29 is 32.6 Å². The van der Waals surface area contributed by atoms with Gasteiger partial charge in [-0.3, -0.25) is 33.9 Å². The molecule has 10 heterocycles. The third-order valence-electron chi connectivity index (χ3n) is 18.1. The van der Waals surface area contributed by atoms with Gasteiger partial charge in [0.15, 0.2) is 5.82 Å².